The van der Waals surface area contributed by atoms with Gasteiger partial charge in [-0.25, -0.2) is 0 Å². The number of benzene rings is 2. The number of nitrogens with one attached hydrogen (secondary N) is 1. The fourth-order valence-corrected chi connectivity index (χ4v) is 2.49. The molecule has 0 aromatic heterocycles. The molecule has 2 rings (SSSR count). The quantitative estimate of drug-likeness (QED) is 0.654. The largest absolute Gasteiger partial charge is 0.497 e. The van der Waals surface area contributed by atoms with Crippen molar-refractivity contribution in [1.82, 2.24) is 10.2 Å². The molecule has 0 unspecified atom stereocenters. The molecular weight excluding hydrogens is 302 g/mol. The first-order chi connectivity index (χ1) is 11.7. The van der Waals surface area contributed by atoms with Gasteiger partial charge < -0.3 is 19.7 Å². The molecule has 0 aliphatic rings. The third-order valence-electron chi connectivity index (χ3n) is 3.77. The van der Waals surface area contributed by atoms with Gasteiger partial charge in [-0.3, -0.25) is 4.99 Å². The van der Waals surface area contributed by atoms with E-state index in [4.69, 9.17) is 9.47 Å². The molecule has 0 amide bonds. The van der Waals surface area contributed by atoms with Crippen LogP contribution in [-0.4, -0.2) is 39.2 Å². The molecule has 1 N–H and O–H groups in total. The second-order valence-electron chi connectivity index (χ2n) is 5.42. The topological polar surface area (TPSA) is 46.1 Å². The van der Waals surface area contributed by atoms with Crippen molar-refractivity contribution in [3.05, 3.63) is 59.7 Å². The number of aliphatic imine (C=N–C) groups is 1. The summed E-state index contributed by atoms with van der Waals surface area (Å²) >= 11 is 0. The van der Waals surface area contributed by atoms with E-state index in [1.165, 1.54) is 5.56 Å². The Morgan fingerprint density at radius 2 is 1.83 bits per heavy atom. The van der Waals surface area contributed by atoms with Gasteiger partial charge in [0.05, 0.1) is 14.2 Å². The molecule has 0 saturated heterocycles. The third-order valence-corrected chi connectivity index (χ3v) is 3.77. The Morgan fingerprint density at radius 3 is 2.46 bits per heavy atom. The lowest BCUT2D eigenvalue weighted by molar-refractivity contribution is 0.390. The molecule has 0 aliphatic carbocycles. The van der Waals surface area contributed by atoms with Crippen LogP contribution in [0.1, 0.15) is 11.1 Å². The van der Waals surface area contributed by atoms with Gasteiger partial charge in [0.15, 0.2) is 5.96 Å². The summed E-state index contributed by atoms with van der Waals surface area (Å²) in [7, 11) is 7.12. The SMILES string of the molecule is CN=C(NCc1ccc(OC)cc1OC)N(C)Cc1ccccc1. The zero-order valence-corrected chi connectivity index (χ0v) is 14.7. The molecule has 24 heavy (non-hydrogen) atoms. The predicted molar refractivity (Wildman–Crippen MR) is 97.7 cm³/mol. The summed E-state index contributed by atoms with van der Waals surface area (Å²) in [5.41, 5.74) is 2.29. The second kappa shape index (κ2) is 8.82. The van der Waals surface area contributed by atoms with Crippen molar-refractivity contribution in [2.45, 2.75) is 13.1 Å². The second-order valence-corrected chi connectivity index (χ2v) is 5.42. The van der Waals surface area contributed by atoms with E-state index in [0.717, 1.165) is 29.6 Å². The van der Waals surface area contributed by atoms with E-state index >= 15 is 0 Å². The first kappa shape index (κ1) is 17.7. The van der Waals surface area contributed by atoms with Gasteiger partial charge in [0.2, 0.25) is 0 Å². The molecule has 5 heteroatoms. The number of hydrogen-bond acceptors (Lipinski definition) is 3. The van der Waals surface area contributed by atoms with Crippen molar-refractivity contribution in [2.75, 3.05) is 28.3 Å². The van der Waals surface area contributed by atoms with Gasteiger partial charge in [0, 0.05) is 38.8 Å². The molecule has 2 aromatic carbocycles. The molecule has 2 aromatic rings. The van der Waals surface area contributed by atoms with Crippen molar-refractivity contribution in [3.8, 4) is 11.5 Å². The van der Waals surface area contributed by atoms with Crippen LogP contribution in [0.2, 0.25) is 0 Å². The van der Waals surface area contributed by atoms with Crippen LogP contribution in [-0.2, 0) is 13.1 Å². The maximum Gasteiger partial charge on any atom is 0.193 e. The summed E-state index contributed by atoms with van der Waals surface area (Å²) < 4.78 is 10.7. The minimum Gasteiger partial charge on any atom is -0.497 e. The van der Waals surface area contributed by atoms with Crippen LogP contribution in [0, 0.1) is 0 Å². The molecule has 5 nitrogen and oxygen atoms in total. The van der Waals surface area contributed by atoms with Crippen LogP contribution < -0.4 is 14.8 Å². The van der Waals surface area contributed by atoms with Gasteiger partial charge in [-0.05, 0) is 17.7 Å². The molecule has 0 heterocycles. The first-order valence-corrected chi connectivity index (χ1v) is 7.84. The third kappa shape index (κ3) is 4.65. The molecule has 0 atom stereocenters. The van der Waals surface area contributed by atoms with Gasteiger partial charge in [0.1, 0.15) is 11.5 Å². The standard InChI is InChI=1S/C19H25N3O2/c1-20-19(22(2)14-15-8-6-5-7-9-15)21-13-16-10-11-17(23-3)12-18(16)24-4/h5-12H,13-14H2,1-4H3,(H,20,21). The molecule has 0 spiro atoms. The van der Waals surface area contributed by atoms with Crippen LogP contribution in [0.4, 0.5) is 0 Å². The van der Waals surface area contributed by atoms with E-state index in [1.807, 2.05) is 43.4 Å². The number of nitrogens with zero attached hydrogens (tertiary/aromatic N) is 2. The van der Waals surface area contributed by atoms with Crippen molar-refractivity contribution in [3.63, 3.8) is 0 Å². The summed E-state index contributed by atoms with van der Waals surface area (Å²) in [4.78, 5) is 6.44. The van der Waals surface area contributed by atoms with Gasteiger partial charge in [-0.2, -0.15) is 0 Å². The van der Waals surface area contributed by atoms with Gasteiger partial charge in [-0.15, -0.1) is 0 Å². The van der Waals surface area contributed by atoms with E-state index in [0.29, 0.717) is 6.54 Å². The highest BCUT2D eigenvalue weighted by atomic mass is 16.5. The van der Waals surface area contributed by atoms with Crippen LogP contribution in [0.15, 0.2) is 53.5 Å². The summed E-state index contributed by atoms with van der Waals surface area (Å²) in [6.45, 7) is 1.42. The highest BCUT2D eigenvalue weighted by Crippen LogP contribution is 2.24. The average Bonchev–Trinajstić information content (AvgIpc) is 2.63. The zero-order chi connectivity index (χ0) is 17.4. The highest BCUT2D eigenvalue weighted by molar-refractivity contribution is 5.79. The fourth-order valence-electron chi connectivity index (χ4n) is 2.49. The minimum absolute atomic E-state index is 0.624. The maximum atomic E-state index is 5.44. The summed E-state index contributed by atoms with van der Waals surface area (Å²) in [6, 6.07) is 16.1. The predicted octanol–water partition coefficient (Wildman–Crippen LogP) is 2.91. The van der Waals surface area contributed by atoms with Crippen molar-refractivity contribution in [2.24, 2.45) is 4.99 Å². The van der Waals surface area contributed by atoms with E-state index in [9.17, 15) is 0 Å². The molecule has 0 saturated carbocycles. The molecular formula is C19H25N3O2. The number of rotatable bonds is 6. The average molecular weight is 327 g/mol. The highest BCUT2D eigenvalue weighted by Gasteiger charge is 2.09. The number of ether oxygens (including phenoxy) is 2. The normalized spacial score (nSPS) is 11.1. The lowest BCUT2D eigenvalue weighted by atomic mass is 10.2. The Bertz CT molecular complexity index is 672. The Labute approximate surface area is 143 Å². The molecule has 0 bridgehead atoms. The van der Waals surface area contributed by atoms with E-state index in [-0.39, 0.29) is 0 Å². The number of hydrogen-bond donors (Lipinski definition) is 1. The van der Waals surface area contributed by atoms with Crippen LogP contribution >= 0.6 is 0 Å². The first-order valence-electron chi connectivity index (χ1n) is 7.84. The Morgan fingerprint density at radius 1 is 1.08 bits per heavy atom. The Hall–Kier alpha value is -2.69. The van der Waals surface area contributed by atoms with Crippen LogP contribution in [0.3, 0.4) is 0 Å². The van der Waals surface area contributed by atoms with Gasteiger partial charge in [0.25, 0.3) is 0 Å². The lowest BCUT2D eigenvalue weighted by Gasteiger charge is -2.22. The van der Waals surface area contributed by atoms with Gasteiger partial charge >= 0.3 is 0 Å². The maximum absolute atomic E-state index is 5.44. The van der Waals surface area contributed by atoms with E-state index in [2.05, 4.69) is 27.3 Å². The Kier molecular flexibility index (Phi) is 6.49. The molecule has 0 radical (unpaired) electrons. The van der Waals surface area contributed by atoms with Crippen molar-refractivity contribution >= 4 is 5.96 Å². The summed E-state index contributed by atoms with van der Waals surface area (Å²) in [5, 5.41) is 3.37. The summed E-state index contributed by atoms with van der Waals surface area (Å²) in [5.74, 6) is 2.40. The smallest absolute Gasteiger partial charge is 0.193 e. The molecule has 0 fully saturated rings. The molecule has 0 aliphatic heterocycles. The lowest BCUT2D eigenvalue weighted by Crippen LogP contribution is -2.38. The van der Waals surface area contributed by atoms with Crippen molar-refractivity contribution in [1.29, 1.82) is 0 Å². The van der Waals surface area contributed by atoms with Crippen molar-refractivity contribution < 1.29 is 9.47 Å². The van der Waals surface area contributed by atoms with E-state index < -0.39 is 0 Å². The van der Waals surface area contributed by atoms with E-state index in [1.54, 1.807) is 21.3 Å². The summed E-state index contributed by atoms with van der Waals surface area (Å²) in [6.07, 6.45) is 0. The zero-order valence-electron chi connectivity index (χ0n) is 14.7. The monoisotopic (exact) mass is 327 g/mol. The minimum atomic E-state index is 0.624. The Balaban J connectivity index is 2.01. The van der Waals surface area contributed by atoms with Gasteiger partial charge in [-0.1, -0.05) is 30.3 Å². The number of guanidine groups is 1. The fraction of sp³-hybridized carbons (Fsp3) is 0.316. The number of methoxy groups -OCH3 is 2. The molecule has 128 valence electrons. The van der Waals surface area contributed by atoms with Crippen LogP contribution in [0.25, 0.3) is 0 Å². The van der Waals surface area contributed by atoms with Crippen LogP contribution in [0.5, 0.6) is 11.5 Å².